The van der Waals surface area contributed by atoms with Gasteiger partial charge in [0.1, 0.15) is 10.4 Å². The summed E-state index contributed by atoms with van der Waals surface area (Å²) in [7, 11) is 2.95. The lowest BCUT2D eigenvalue weighted by atomic mass is 10.2. The number of amides is 1. The number of aryl methyl sites for hydroxylation is 1. The molecule has 0 bridgehead atoms. The molecule has 4 aromatic rings. The molecule has 33 heavy (non-hydrogen) atoms. The molecule has 3 aromatic heterocycles. The van der Waals surface area contributed by atoms with Gasteiger partial charge in [0.2, 0.25) is 11.0 Å². The summed E-state index contributed by atoms with van der Waals surface area (Å²) >= 11 is 3.95. The summed E-state index contributed by atoms with van der Waals surface area (Å²) in [6, 6.07) is 9.23. The van der Waals surface area contributed by atoms with Crippen molar-refractivity contribution in [2.45, 2.75) is 16.3 Å². The average molecular weight is 502 g/mol. The van der Waals surface area contributed by atoms with E-state index in [2.05, 4.69) is 25.5 Å². The Morgan fingerprint density at radius 2 is 1.82 bits per heavy atom. The monoisotopic (exact) mass is 501 g/mol. The number of nitrogens with zero attached hydrogens (tertiary/aromatic N) is 6. The Bertz CT molecular complexity index is 1450. The van der Waals surface area contributed by atoms with Crippen molar-refractivity contribution < 1.29 is 4.79 Å². The number of hydrogen-bond acceptors (Lipinski definition) is 10. The lowest BCUT2D eigenvalue weighted by Gasteiger charge is -2.12. The van der Waals surface area contributed by atoms with Gasteiger partial charge in [-0.1, -0.05) is 72.1 Å². The number of aromatic nitrogens is 6. The molecule has 0 unspecified atom stereocenters. The number of nitrogens with one attached hydrogen (secondary N) is 1. The number of thioether (sulfide) groups is 2. The standard InChI is InChI=1S/C20H19N7O3S3/c1-4-31-19-25-24-18(33-19)21-12(28)10-32-16-13-15(26(2)20(30)27(3)17(13)29)22-14(23-16)11-8-6-5-7-9-11/h5-9H,4,10H2,1-3H3,(H,21,24,28). The minimum atomic E-state index is -0.513. The molecule has 0 spiro atoms. The summed E-state index contributed by atoms with van der Waals surface area (Å²) in [5, 5.41) is 11.6. The van der Waals surface area contributed by atoms with Crippen LogP contribution in [0.5, 0.6) is 0 Å². The number of benzene rings is 1. The van der Waals surface area contributed by atoms with Gasteiger partial charge in [-0.3, -0.25) is 24.0 Å². The van der Waals surface area contributed by atoms with Crippen molar-refractivity contribution in [1.82, 2.24) is 29.3 Å². The van der Waals surface area contributed by atoms with Crippen molar-refractivity contribution in [3.63, 3.8) is 0 Å². The third-order valence-electron chi connectivity index (χ3n) is 4.56. The van der Waals surface area contributed by atoms with Crippen LogP contribution in [0, 0.1) is 0 Å². The van der Waals surface area contributed by atoms with E-state index < -0.39 is 11.2 Å². The van der Waals surface area contributed by atoms with Crippen LogP contribution in [-0.2, 0) is 18.9 Å². The molecule has 10 nitrogen and oxygen atoms in total. The van der Waals surface area contributed by atoms with Crippen molar-refractivity contribution in [2.24, 2.45) is 14.1 Å². The number of anilines is 1. The Labute approximate surface area is 200 Å². The molecular formula is C20H19N7O3S3. The predicted molar refractivity (Wildman–Crippen MR) is 131 cm³/mol. The molecule has 0 saturated heterocycles. The molecule has 1 aromatic carbocycles. The molecule has 170 valence electrons. The van der Waals surface area contributed by atoms with E-state index >= 15 is 0 Å². The maximum absolute atomic E-state index is 12.9. The molecule has 4 rings (SSSR count). The number of carbonyl (C=O) groups excluding carboxylic acids is 1. The minimum absolute atomic E-state index is 0.0117. The van der Waals surface area contributed by atoms with Gasteiger partial charge in [-0.15, -0.1) is 10.2 Å². The molecule has 1 N–H and O–H groups in total. The molecule has 3 heterocycles. The second-order valence-electron chi connectivity index (χ2n) is 6.77. The average Bonchev–Trinajstić information content (AvgIpc) is 3.26. The van der Waals surface area contributed by atoms with Gasteiger partial charge in [0.15, 0.2) is 15.8 Å². The highest BCUT2D eigenvalue weighted by Gasteiger charge is 2.19. The molecular weight excluding hydrogens is 482 g/mol. The van der Waals surface area contributed by atoms with Crippen molar-refractivity contribution >= 4 is 56.9 Å². The molecule has 0 saturated carbocycles. The summed E-state index contributed by atoms with van der Waals surface area (Å²) in [5.74, 6) is 0.904. The highest BCUT2D eigenvalue weighted by molar-refractivity contribution is 8.01. The van der Waals surface area contributed by atoms with E-state index in [1.807, 2.05) is 37.3 Å². The zero-order valence-electron chi connectivity index (χ0n) is 17.9. The van der Waals surface area contributed by atoms with Crippen LogP contribution in [0.2, 0.25) is 0 Å². The topological polar surface area (TPSA) is 125 Å². The molecule has 0 aliphatic carbocycles. The van der Waals surface area contributed by atoms with Crippen LogP contribution in [0.1, 0.15) is 6.92 Å². The molecule has 1 amide bonds. The van der Waals surface area contributed by atoms with Gasteiger partial charge in [0, 0.05) is 19.7 Å². The van der Waals surface area contributed by atoms with Crippen LogP contribution in [-0.4, -0.2) is 46.7 Å². The quantitative estimate of drug-likeness (QED) is 0.231. The van der Waals surface area contributed by atoms with Crippen LogP contribution >= 0.6 is 34.9 Å². The maximum atomic E-state index is 12.9. The SMILES string of the molecule is CCSc1nnc(NC(=O)CSc2nc(-c3ccccc3)nc3c2c(=O)n(C)c(=O)n3C)s1. The summed E-state index contributed by atoms with van der Waals surface area (Å²) in [5.41, 5.74) is -0.0595. The fraction of sp³-hybridized carbons (Fsp3) is 0.250. The Balaban J connectivity index is 1.70. The first-order chi connectivity index (χ1) is 15.9. The number of hydrogen-bond donors (Lipinski definition) is 1. The first-order valence-corrected chi connectivity index (χ1v) is 12.6. The number of carbonyl (C=O) groups is 1. The summed E-state index contributed by atoms with van der Waals surface area (Å²) in [6.07, 6.45) is 0. The molecule has 0 atom stereocenters. The van der Waals surface area contributed by atoms with Crippen LogP contribution in [0.15, 0.2) is 49.3 Å². The van der Waals surface area contributed by atoms with Crippen molar-refractivity contribution in [1.29, 1.82) is 0 Å². The van der Waals surface area contributed by atoms with E-state index in [1.54, 1.807) is 18.8 Å². The Morgan fingerprint density at radius 3 is 2.55 bits per heavy atom. The van der Waals surface area contributed by atoms with Crippen molar-refractivity contribution in [3.8, 4) is 11.4 Å². The fourth-order valence-electron chi connectivity index (χ4n) is 2.98. The zero-order chi connectivity index (χ0) is 23.5. The van der Waals surface area contributed by atoms with E-state index in [1.165, 1.54) is 23.0 Å². The Morgan fingerprint density at radius 1 is 1.06 bits per heavy atom. The molecule has 0 aliphatic heterocycles. The van der Waals surface area contributed by atoms with Crippen LogP contribution in [0.3, 0.4) is 0 Å². The van der Waals surface area contributed by atoms with Gasteiger partial charge in [0.05, 0.1) is 5.75 Å². The normalized spacial score (nSPS) is 11.1. The Hall–Kier alpha value is -3.03. The third-order valence-corrected chi connectivity index (χ3v) is 7.39. The molecule has 0 aliphatic rings. The van der Waals surface area contributed by atoms with Crippen LogP contribution in [0.25, 0.3) is 22.4 Å². The Kier molecular flexibility index (Phi) is 6.91. The highest BCUT2D eigenvalue weighted by Crippen LogP contribution is 2.27. The first kappa shape index (κ1) is 23.1. The van der Waals surface area contributed by atoms with Gasteiger partial charge in [-0.05, 0) is 5.75 Å². The summed E-state index contributed by atoms with van der Waals surface area (Å²) in [6.45, 7) is 2.01. The van der Waals surface area contributed by atoms with Crippen LogP contribution in [0.4, 0.5) is 5.13 Å². The molecule has 13 heteroatoms. The lowest BCUT2D eigenvalue weighted by molar-refractivity contribution is -0.113. The smallest absolute Gasteiger partial charge is 0.300 e. The molecule has 0 fully saturated rings. The highest BCUT2D eigenvalue weighted by atomic mass is 32.2. The third kappa shape index (κ3) is 4.84. The maximum Gasteiger partial charge on any atom is 0.332 e. The van der Waals surface area contributed by atoms with E-state index in [4.69, 9.17) is 0 Å². The van der Waals surface area contributed by atoms with Crippen molar-refractivity contribution in [2.75, 3.05) is 16.8 Å². The van der Waals surface area contributed by atoms with Gasteiger partial charge in [-0.2, -0.15) is 0 Å². The van der Waals surface area contributed by atoms with Gasteiger partial charge in [-0.25, -0.2) is 14.8 Å². The largest absolute Gasteiger partial charge is 0.332 e. The fourth-order valence-corrected chi connectivity index (χ4v) is 5.46. The minimum Gasteiger partial charge on any atom is -0.300 e. The van der Waals surface area contributed by atoms with E-state index in [9.17, 15) is 14.4 Å². The molecule has 0 radical (unpaired) electrons. The van der Waals surface area contributed by atoms with Crippen molar-refractivity contribution in [3.05, 3.63) is 51.2 Å². The van der Waals surface area contributed by atoms with Gasteiger partial charge >= 0.3 is 5.69 Å². The van der Waals surface area contributed by atoms with E-state index in [0.29, 0.717) is 16.0 Å². The predicted octanol–water partition coefficient (Wildman–Crippen LogP) is 2.39. The second kappa shape index (κ2) is 9.85. The zero-order valence-corrected chi connectivity index (χ0v) is 20.4. The second-order valence-corrected chi connectivity index (χ2v) is 10.2. The summed E-state index contributed by atoms with van der Waals surface area (Å²) < 4.78 is 3.09. The number of rotatable bonds is 7. The van der Waals surface area contributed by atoms with E-state index in [0.717, 1.165) is 32.0 Å². The summed E-state index contributed by atoms with van der Waals surface area (Å²) in [4.78, 5) is 47.0. The lowest BCUT2D eigenvalue weighted by Crippen LogP contribution is -2.37. The van der Waals surface area contributed by atoms with Gasteiger partial charge < -0.3 is 0 Å². The van der Waals surface area contributed by atoms with Crippen LogP contribution < -0.4 is 16.6 Å². The first-order valence-electron chi connectivity index (χ1n) is 9.81. The van der Waals surface area contributed by atoms with Gasteiger partial charge in [0.25, 0.3) is 5.56 Å². The number of fused-ring (bicyclic) bond motifs is 1. The van der Waals surface area contributed by atoms with E-state index in [-0.39, 0.29) is 22.7 Å².